The van der Waals surface area contributed by atoms with Gasteiger partial charge in [-0.3, -0.25) is 9.59 Å². The van der Waals surface area contributed by atoms with Crippen LogP contribution in [0.25, 0.3) is 10.7 Å². The van der Waals surface area contributed by atoms with Gasteiger partial charge in [-0.05, 0) is 25.3 Å². The number of nitrogens with two attached hydrogens (primary N) is 1. The van der Waals surface area contributed by atoms with Crippen molar-refractivity contribution in [3.05, 3.63) is 28.8 Å². The smallest absolute Gasteiger partial charge is 0.316 e. The second-order valence-electron chi connectivity index (χ2n) is 5.07. The van der Waals surface area contributed by atoms with Gasteiger partial charge in [0.15, 0.2) is 17.6 Å². The van der Waals surface area contributed by atoms with Crippen molar-refractivity contribution in [1.82, 2.24) is 14.8 Å². The Hall–Kier alpha value is -2.64. The molecule has 10 heteroatoms. The van der Waals surface area contributed by atoms with Crippen molar-refractivity contribution in [2.75, 3.05) is 12.4 Å². The zero-order chi connectivity index (χ0) is 19.1. The molecule has 0 aliphatic rings. The summed E-state index contributed by atoms with van der Waals surface area (Å²) in [7, 11) is 0. The molecule has 0 aromatic carbocycles. The maximum Gasteiger partial charge on any atom is 0.316 e. The maximum atomic E-state index is 11.9. The molecule has 2 heterocycles. The Balaban J connectivity index is 1.93. The lowest BCUT2D eigenvalue weighted by Crippen LogP contribution is -2.18. The van der Waals surface area contributed by atoms with E-state index in [1.807, 2.05) is 29.0 Å². The molecule has 8 nitrogen and oxygen atoms in total. The molecule has 0 atom stereocenters. The summed E-state index contributed by atoms with van der Waals surface area (Å²) < 4.78 is 6.81. The van der Waals surface area contributed by atoms with Crippen molar-refractivity contribution >= 4 is 34.9 Å². The number of nitriles is 1. The Bertz CT molecular complexity index is 861. The third-order valence-corrected chi connectivity index (χ3v) is 5.05. The van der Waals surface area contributed by atoms with Gasteiger partial charge in [0, 0.05) is 12.2 Å². The average molecular weight is 391 g/mol. The van der Waals surface area contributed by atoms with Crippen LogP contribution in [-0.2, 0) is 20.9 Å². The van der Waals surface area contributed by atoms with Gasteiger partial charge in [-0.15, -0.1) is 21.5 Å². The van der Waals surface area contributed by atoms with Crippen LogP contribution in [0, 0.1) is 11.3 Å². The highest BCUT2D eigenvalue weighted by Crippen LogP contribution is 2.27. The van der Waals surface area contributed by atoms with Crippen molar-refractivity contribution in [2.24, 2.45) is 5.73 Å². The highest BCUT2D eigenvalue weighted by Gasteiger charge is 2.17. The first kappa shape index (κ1) is 19.7. The summed E-state index contributed by atoms with van der Waals surface area (Å²) in [6.07, 6.45) is 0. The Morgan fingerprint density at radius 3 is 2.81 bits per heavy atom. The van der Waals surface area contributed by atoms with Gasteiger partial charge < -0.3 is 15.0 Å². The fourth-order valence-electron chi connectivity index (χ4n) is 2.02. The Morgan fingerprint density at radius 2 is 2.23 bits per heavy atom. The molecular weight excluding hydrogens is 374 g/mol. The number of hydrogen-bond acceptors (Lipinski definition) is 9. The van der Waals surface area contributed by atoms with E-state index in [9.17, 15) is 9.59 Å². The summed E-state index contributed by atoms with van der Waals surface area (Å²) in [5, 5.41) is 19.7. The normalized spacial score (nSPS) is 11.6. The molecule has 0 aliphatic carbocycles. The number of nitrogens with zero attached hydrogens (tertiary/aromatic N) is 4. The van der Waals surface area contributed by atoms with E-state index in [4.69, 9.17) is 15.7 Å². The van der Waals surface area contributed by atoms with Crippen LogP contribution in [0.3, 0.4) is 0 Å². The number of hydrogen-bond donors (Lipinski definition) is 1. The molecule has 2 rings (SSSR count). The molecule has 0 saturated heterocycles. The van der Waals surface area contributed by atoms with Crippen LogP contribution < -0.4 is 5.73 Å². The van der Waals surface area contributed by atoms with Crippen LogP contribution in [-0.4, -0.2) is 38.9 Å². The molecule has 2 N–H and O–H groups in total. The number of carbonyl (C=O) groups excluding carboxylic acids is 2. The van der Waals surface area contributed by atoms with Gasteiger partial charge in [0.25, 0.3) is 0 Å². The van der Waals surface area contributed by atoms with Crippen LogP contribution in [0.4, 0.5) is 0 Å². The van der Waals surface area contributed by atoms with Gasteiger partial charge in [0.05, 0.1) is 10.6 Å². The minimum atomic E-state index is -0.623. The van der Waals surface area contributed by atoms with Crippen LogP contribution in [0.1, 0.15) is 13.8 Å². The van der Waals surface area contributed by atoms with Gasteiger partial charge in [-0.25, -0.2) is 0 Å². The highest BCUT2D eigenvalue weighted by atomic mass is 32.2. The third kappa shape index (κ3) is 4.71. The maximum absolute atomic E-state index is 11.9. The monoisotopic (exact) mass is 391 g/mol. The molecule has 0 unspecified atom stereocenters. The third-order valence-electron chi connectivity index (χ3n) is 3.24. The molecule has 0 spiro atoms. The molecule has 136 valence electrons. The Kier molecular flexibility index (Phi) is 6.94. The SMILES string of the molecule is CCn1c(SCC(=O)OCC(=O)/C(C#N)=C(/C)N)nnc1-c1cccs1. The van der Waals surface area contributed by atoms with Gasteiger partial charge in [-0.2, -0.15) is 5.26 Å². The number of rotatable bonds is 8. The molecule has 2 aromatic rings. The Morgan fingerprint density at radius 1 is 1.46 bits per heavy atom. The van der Waals surface area contributed by atoms with Gasteiger partial charge in [0.1, 0.15) is 11.6 Å². The number of allylic oxidation sites excluding steroid dienone is 1. The minimum Gasteiger partial charge on any atom is -0.457 e. The average Bonchev–Trinajstić information content (AvgIpc) is 3.27. The molecule has 0 radical (unpaired) electrons. The van der Waals surface area contributed by atoms with E-state index in [2.05, 4.69) is 10.2 Å². The van der Waals surface area contributed by atoms with E-state index in [1.54, 1.807) is 17.4 Å². The summed E-state index contributed by atoms with van der Waals surface area (Å²) in [6.45, 7) is 3.54. The summed E-state index contributed by atoms with van der Waals surface area (Å²) in [4.78, 5) is 24.6. The summed E-state index contributed by atoms with van der Waals surface area (Å²) in [5.41, 5.74) is 5.34. The quantitative estimate of drug-likeness (QED) is 0.313. The van der Waals surface area contributed by atoms with Crippen molar-refractivity contribution < 1.29 is 14.3 Å². The van der Waals surface area contributed by atoms with E-state index >= 15 is 0 Å². The highest BCUT2D eigenvalue weighted by molar-refractivity contribution is 7.99. The number of ketones is 1. The second-order valence-corrected chi connectivity index (χ2v) is 6.96. The number of aromatic nitrogens is 3. The molecular formula is C16H17N5O3S2. The van der Waals surface area contributed by atoms with Crippen molar-refractivity contribution in [3.8, 4) is 16.8 Å². The summed E-state index contributed by atoms with van der Waals surface area (Å²) in [5.74, 6) is -0.486. The first-order chi connectivity index (χ1) is 12.5. The summed E-state index contributed by atoms with van der Waals surface area (Å²) in [6, 6.07) is 5.59. The number of ether oxygens (including phenoxy) is 1. The van der Waals surface area contributed by atoms with E-state index in [0.717, 1.165) is 10.7 Å². The molecule has 0 fully saturated rings. The fraction of sp³-hybridized carbons (Fsp3) is 0.312. The number of Topliss-reactive ketones (excluding diaryl/α,β-unsaturated/α-hetero) is 1. The minimum absolute atomic E-state index is 0.0247. The van der Waals surface area contributed by atoms with Crippen molar-refractivity contribution in [3.63, 3.8) is 0 Å². The fourth-order valence-corrected chi connectivity index (χ4v) is 3.54. The van der Waals surface area contributed by atoms with Gasteiger partial charge in [-0.1, -0.05) is 17.8 Å². The van der Waals surface area contributed by atoms with Crippen molar-refractivity contribution in [2.45, 2.75) is 25.5 Å². The Labute approximate surface area is 158 Å². The molecule has 0 bridgehead atoms. The van der Waals surface area contributed by atoms with E-state index in [0.29, 0.717) is 11.7 Å². The van der Waals surface area contributed by atoms with E-state index in [1.165, 1.54) is 18.7 Å². The number of esters is 1. The number of thiophene rings is 1. The van der Waals surface area contributed by atoms with Crippen molar-refractivity contribution in [1.29, 1.82) is 5.26 Å². The van der Waals surface area contributed by atoms with Crippen LogP contribution >= 0.6 is 23.1 Å². The number of carbonyl (C=O) groups is 2. The number of thioether (sulfide) groups is 1. The largest absolute Gasteiger partial charge is 0.457 e. The standard InChI is InChI=1S/C16H17N5O3S2/c1-3-21-15(13-5-4-6-25-13)19-20-16(21)26-9-14(23)24-8-12(22)11(7-17)10(2)18/h4-6H,3,8-9,18H2,1-2H3/b11-10-. The molecule has 0 saturated carbocycles. The van der Waals surface area contributed by atoms with Crippen LogP contribution in [0.5, 0.6) is 0 Å². The molecule has 0 aliphatic heterocycles. The lowest BCUT2D eigenvalue weighted by Gasteiger charge is -2.06. The van der Waals surface area contributed by atoms with Gasteiger partial charge in [0.2, 0.25) is 5.78 Å². The predicted molar refractivity (Wildman–Crippen MR) is 98.2 cm³/mol. The van der Waals surface area contributed by atoms with Crippen LogP contribution in [0.2, 0.25) is 0 Å². The topological polar surface area (TPSA) is 124 Å². The van der Waals surface area contributed by atoms with Gasteiger partial charge >= 0.3 is 5.97 Å². The summed E-state index contributed by atoms with van der Waals surface area (Å²) >= 11 is 2.74. The molecule has 2 aromatic heterocycles. The predicted octanol–water partition coefficient (Wildman–Crippen LogP) is 1.99. The lowest BCUT2D eigenvalue weighted by atomic mass is 10.1. The first-order valence-corrected chi connectivity index (χ1v) is 9.49. The zero-order valence-corrected chi connectivity index (χ0v) is 15.9. The zero-order valence-electron chi connectivity index (χ0n) is 14.3. The second kappa shape index (κ2) is 9.17. The van der Waals surface area contributed by atoms with E-state index in [-0.39, 0.29) is 17.0 Å². The van der Waals surface area contributed by atoms with Crippen LogP contribution in [0.15, 0.2) is 33.9 Å². The molecule has 26 heavy (non-hydrogen) atoms. The first-order valence-electron chi connectivity index (χ1n) is 7.63. The van der Waals surface area contributed by atoms with E-state index < -0.39 is 18.4 Å². The molecule has 0 amide bonds. The lowest BCUT2D eigenvalue weighted by molar-refractivity contribution is -0.144.